The van der Waals surface area contributed by atoms with Gasteiger partial charge in [-0.2, -0.15) is 0 Å². The van der Waals surface area contributed by atoms with Gasteiger partial charge in [-0.1, -0.05) is 127 Å². The predicted octanol–water partition coefficient (Wildman–Crippen LogP) is 7.19. The number of rotatable bonds is 16. The molecular formula is C36H36O5. The molecule has 0 saturated carbocycles. The van der Waals surface area contributed by atoms with Crippen LogP contribution in [0.1, 0.15) is 22.3 Å². The third-order valence-corrected chi connectivity index (χ3v) is 6.37. The zero-order chi connectivity index (χ0) is 28.5. The second kappa shape index (κ2) is 16.7. The number of carbonyl (C=O) groups is 1. The van der Waals surface area contributed by atoms with Crippen LogP contribution in [0.2, 0.25) is 0 Å². The van der Waals surface area contributed by atoms with Crippen LogP contribution in [0.15, 0.2) is 140 Å². The van der Waals surface area contributed by atoms with Gasteiger partial charge in [0.05, 0.1) is 26.4 Å². The van der Waals surface area contributed by atoms with E-state index in [9.17, 15) is 4.79 Å². The first kappa shape index (κ1) is 29.7. The quantitative estimate of drug-likeness (QED) is 0.0843. The summed E-state index contributed by atoms with van der Waals surface area (Å²) in [6.07, 6.45) is 2.81. The van der Waals surface area contributed by atoms with Gasteiger partial charge in [0, 0.05) is 6.08 Å². The number of hydrogen-bond donors (Lipinski definition) is 0. The van der Waals surface area contributed by atoms with Gasteiger partial charge in [-0.3, -0.25) is 0 Å². The summed E-state index contributed by atoms with van der Waals surface area (Å²) in [6, 6.07) is 39.2. The molecule has 4 aromatic carbocycles. The van der Waals surface area contributed by atoms with Crippen molar-refractivity contribution in [2.24, 2.45) is 0 Å². The Morgan fingerprint density at radius 1 is 0.659 bits per heavy atom. The highest BCUT2D eigenvalue weighted by atomic mass is 16.6. The van der Waals surface area contributed by atoms with Crippen LogP contribution in [0.4, 0.5) is 0 Å². The summed E-state index contributed by atoms with van der Waals surface area (Å²) in [6.45, 7) is 5.14. The monoisotopic (exact) mass is 548 g/mol. The molecule has 41 heavy (non-hydrogen) atoms. The van der Waals surface area contributed by atoms with E-state index in [1.807, 2.05) is 121 Å². The highest BCUT2D eigenvalue weighted by Crippen LogP contribution is 2.20. The van der Waals surface area contributed by atoms with Crippen molar-refractivity contribution in [3.8, 4) is 0 Å². The molecule has 0 heterocycles. The molecule has 0 bridgehead atoms. The Kier molecular flexibility index (Phi) is 12.1. The van der Waals surface area contributed by atoms with Gasteiger partial charge in [0.25, 0.3) is 0 Å². The molecule has 5 nitrogen and oxygen atoms in total. The van der Waals surface area contributed by atoms with E-state index in [2.05, 4.69) is 6.58 Å². The fourth-order valence-electron chi connectivity index (χ4n) is 4.22. The maximum absolute atomic E-state index is 13.0. The predicted molar refractivity (Wildman–Crippen MR) is 162 cm³/mol. The standard InChI is InChI=1S/C36H36O5/c1-2-33(39-26-31-19-11-5-12-20-31)36(40-27-32-21-13-6-14-22-32)34(28-38-25-30-17-9-4-10-18-30)41-35(37)24-23-29-15-7-3-8-16-29/h2-24,33-34,36H,1,25-28H2/b24-23+/t33-,34-,36+/m1/s1. The molecule has 0 aliphatic rings. The van der Waals surface area contributed by atoms with Crippen molar-refractivity contribution in [2.75, 3.05) is 6.61 Å². The fraction of sp³-hybridized carbons (Fsp3) is 0.194. The van der Waals surface area contributed by atoms with Crippen molar-refractivity contribution in [1.29, 1.82) is 0 Å². The van der Waals surface area contributed by atoms with E-state index >= 15 is 0 Å². The van der Waals surface area contributed by atoms with Gasteiger partial charge in [-0.25, -0.2) is 4.79 Å². The SMILES string of the molecule is C=C[C@@H](OCc1ccccc1)[C@H](OCc1ccccc1)[C@@H](COCc1ccccc1)OC(=O)/C=C/c1ccccc1. The lowest BCUT2D eigenvalue weighted by molar-refractivity contribution is -0.171. The highest BCUT2D eigenvalue weighted by Gasteiger charge is 2.33. The molecule has 0 aliphatic heterocycles. The average Bonchev–Trinajstić information content (AvgIpc) is 3.03. The first-order chi connectivity index (χ1) is 20.2. The summed E-state index contributed by atoms with van der Waals surface area (Å²) in [7, 11) is 0. The van der Waals surface area contributed by atoms with Crippen LogP contribution in [0.3, 0.4) is 0 Å². The number of carbonyl (C=O) groups excluding carboxylic acids is 1. The molecule has 0 fully saturated rings. The zero-order valence-electron chi connectivity index (χ0n) is 23.1. The van der Waals surface area contributed by atoms with Crippen molar-refractivity contribution in [1.82, 2.24) is 0 Å². The molecule has 210 valence electrons. The van der Waals surface area contributed by atoms with Crippen molar-refractivity contribution in [2.45, 2.75) is 38.1 Å². The van der Waals surface area contributed by atoms with Crippen molar-refractivity contribution in [3.63, 3.8) is 0 Å². The zero-order valence-corrected chi connectivity index (χ0v) is 23.1. The molecule has 0 spiro atoms. The minimum absolute atomic E-state index is 0.109. The lowest BCUT2D eigenvalue weighted by atomic mass is 10.1. The lowest BCUT2D eigenvalue weighted by Gasteiger charge is -2.31. The van der Waals surface area contributed by atoms with E-state index < -0.39 is 24.3 Å². The topological polar surface area (TPSA) is 54.0 Å². The normalized spacial score (nSPS) is 13.4. The van der Waals surface area contributed by atoms with Crippen LogP contribution < -0.4 is 0 Å². The largest absolute Gasteiger partial charge is 0.454 e. The summed E-state index contributed by atoms with van der Waals surface area (Å²) in [5.41, 5.74) is 3.92. The van der Waals surface area contributed by atoms with Crippen LogP contribution in [-0.2, 0) is 43.6 Å². The van der Waals surface area contributed by atoms with Gasteiger partial charge in [0.1, 0.15) is 12.2 Å². The summed E-state index contributed by atoms with van der Waals surface area (Å²) in [5, 5.41) is 0. The molecule has 0 radical (unpaired) electrons. The van der Waals surface area contributed by atoms with Gasteiger partial charge in [0.15, 0.2) is 6.10 Å². The maximum Gasteiger partial charge on any atom is 0.331 e. The Morgan fingerprint density at radius 3 is 1.68 bits per heavy atom. The Labute approximate surface area is 242 Å². The number of benzene rings is 4. The van der Waals surface area contributed by atoms with E-state index in [4.69, 9.17) is 18.9 Å². The van der Waals surface area contributed by atoms with Crippen molar-refractivity contribution >= 4 is 12.0 Å². The fourth-order valence-corrected chi connectivity index (χ4v) is 4.22. The van der Waals surface area contributed by atoms with Crippen LogP contribution >= 0.6 is 0 Å². The molecule has 5 heteroatoms. The molecule has 0 aliphatic carbocycles. The third kappa shape index (κ3) is 10.3. The first-order valence-electron chi connectivity index (χ1n) is 13.7. The van der Waals surface area contributed by atoms with Gasteiger partial charge in [-0.15, -0.1) is 6.58 Å². The Morgan fingerprint density at radius 2 is 1.15 bits per heavy atom. The average molecular weight is 549 g/mol. The maximum atomic E-state index is 13.0. The van der Waals surface area contributed by atoms with Gasteiger partial charge < -0.3 is 18.9 Å². The number of ether oxygens (including phenoxy) is 4. The molecular weight excluding hydrogens is 512 g/mol. The second-order valence-electron chi connectivity index (χ2n) is 9.48. The van der Waals surface area contributed by atoms with Crippen LogP contribution in [0.25, 0.3) is 6.08 Å². The van der Waals surface area contributed by atoms with Gasteiger partial charge in [0.2, 0.25) is 0 Å². The Balaban J connectivity index is 1.54. The van der Waals surface area contributed by atoms with Crippen LogP contribution in [0.5, 0.6) is 0 Å². The highest BCUT2D eigenvalue weighted by molar-refractivity contribution is 5.87. The molecule has 4 aromatic rings. The van der Waals surface area contributed by atoms with E-state index in [1.54, 1.807) is 12.2 Å². The molecule has 3 atom stereocenters. The molecule has 4 rings (SSSR count). The van der Waals surface area contributed by atoms with E-state index in [0.29, 0.717) is 19.8 Å². The van der Waals surface area contributed by atoms with Crippen molar-refractivity contribution in [3.05, 3.63) is 162 Å². The Bertz CT molecular complexity index is 1320. The smallest absolute Gasteiger partial charge is 0.331 e. The van der Waals surface area contributed by atoms with Crippen LogP contribution in [0, 0.1) is 0 Å². The second-order valence-corrected chi connectivity index (χ2v) is 9.48. The third-order valence-electron chi connectivity index (χ3n) is 6.37. The molecule has 0 N–H and O–H groups in total. The lowest BCUT2D eigenvalue weighted by Crippen LogP contribution is -2.45. The van der Waals surface area contributed by atoms with Gasteiger partial charge in [-0.05, 0) is 28.3 Å². The minimum atomic E-state index is -0.769. The summed E-state index contributed by atoms with van der Waals surface area (Å²) in [4.78, 5) is 13.0. The summed E-state index contributed by atoms with van der Waals surface area (Å²) < 4.78 is 24.8. The molecule has 0 saturated heterocycles. The van der Waals surface area contributed by atoms with E-state index in [1.165, 1.54) is 6.08 Å². The van der Waals surface area contributed by atoms with Crippen LogP contribution in [-0.4, -0.2) is 30.9 Å². The molecule has 0 unspecified atom stereocenters. The Hall–Kier alpha value is -4.29. The summed E-state index contributed by atoms with van der Waals surface area (Å²) >= 11 is 0. The summed E-state index contributed by atoms with van der Waals surface area (Å²) in [5.74, 6) is -0.499. The molecule has 0 amide bonds. The van der Waals surface area contributed by atoms with Crippen molar-refractivity contribution < 1.29 is 23.7 Å². The number of hydrogen-bond acceptors (Lipinski definition) is 5. The number of esters is 1. The van der Waals surface area contributed by atoms with E-state index in [-0.39, 0.29) is 6.61 Å². The first-order valence-corrected chi connectivity index (χ1v) is 13.7. The minimum Gasteiger partial charge on any atom is -0.454 e. The van der Waals surface area contributed by atoms with Gasteiger partial charge >= 0.3 is 5.97 Å². The molecule has 0 aromatic heterocycles. The van der Waals surface area contributed by atoms with E-state index in [0.717, 1.165) is 22.3 Å².